The minimum atomic E-state index is -1.69. The van der Waals surface area contributed by atoms with Crippen LogP contribution in [0, 0.1) is 11.7 Å². The number of hydrogen-bond acceptors (Lipinski definition) is 11. The summed E-state index contributed by atoms with van der Waals surface area (Å²) in [4.78, 5) is 77.3. The number of hydrazine groups is 1. The number of aromatic nitrogens is 5. The Morgan fingerprint density at radius 3 is 2.27 bits per heavy atom. The number of nitrogens with one attached hydrogen (secondary N) is 1. The number of fused-ring (bicyclic) bond motifs is 5. The van der Waals surface area contributed by atoms with Gasteiger partial charge < -0.3 is 23.9 Å². The van der Waals surface area contributed by atoms with Crippen LogP contribution in [0.25, 0.3) is 11.0 Å². The number of phenolic OH excluding ortho intramolecular Hbond substituents is 1. The van der Waals surface area contributed by atoms with Crippen LogP contribution in [-0.4, -0.2) is 66.7 Å². The number of imide groups is 1. The minimum Gasteiger partial charge on any atom is -0.508 e. The monoisotopic (exact) mass is 863 g/mol. The fourth-order valence-corrected chi connectivity index (χ4v) is 9.65. The molecular formula is C44H39ClFN7O9. The van der Waals surface area contributed by atoms with E-state index in [9.17, 15) is 28.7 Å². The molecule has 18 heteroatoms. The van der Waals surface area contributed by atoms with Gasteiger partial charge in [0.15, 0.2) is 11.5 Å². The van der Waals surface area contributed by atoms with Crippen LogP contribution in [0.2, 0.25) is 5.02 Å². The highest BCUT2D eigenvalue weighted by molar-refractivity contribution is 6.30. The van der Waals surface area contributed by atoms with Crippen LogP contribution in [0.5, 0.6) is 23.0 Å². The van der Waals surface area contributed by atoms with E-state index in [0.29, 0.717) is 44.3 Å². The van der Waals surface area contributed by atoms with Crippen molar-refractivity contribution in [1.82, 2.24) is 28.5 Å². The molecule has 2 amide bonds. The second-order valence-electron chi connectivity index (χ2n) is 15.4. The molecule has 0 bridgehead atoms. The van der Waals surface area contributed by atoms with Gasteiger partial charge in [0.1, 0.15) is 23.0 Å². The summed E-state index contributed by atoms with van der Waals surface area (Å²) in [6, 6.07) is 18.6. The lowest BCUT2D eigenvalue weighted by molar-refractivity contribution is -0.138. The van der Waals surface area contributed by atoms with Crippen molar-refractivity contribution in [2.24, 2.45) is 13.0 Å². The third kappa shape index (κ3) is 6.01. The summed E-state index contributed by atoms with van der Waals surface area (Å²) >= 11 is 6.39. The van der Waals surface area contributed by atoms with Gasteiger partial charge in [-0.1, -0.05) is 35.9 Å². The molecule has 1 aliphatic carbocycles. The number of carbonyl (C=O) groups is 2. The average Bonchev–Trinajstić information content (AvgIpc) is 3.64. The van der Waals surface area contributed by atoms with E-state index in [0.717, 1.165) is 9.58 Å². The van der Waals surface area contributed by atoms with E-state index >= 15 is 4.79 Å². The first kappa shape index (κ1) is 40.3. The number of phenols is 1. The van der Waals surface area contributed by atoms with Gasteiger partial charge in [0.2, 0.25) is 0 Å². The molecule has 0 radical (unpaired) electrons. The SMILES string of the molecule is COc1cc2nc(CCn3c(=O)n4n(c3=O)C3CC5C(=O)N(Nc6ccc(F)cc6)C(=O)C5(c5ccc(Cl)cc5)C(c5ccc(O)cc5OC)C3=CC4)c(=O)n(C)c2cc1OC. The summed E-state index contributed by atoms with van der Waals surface area (Å²) in [5, 5.41) is 11.9. The topological polar surface area (TPSA) is 181 Å². The Morgan fingerprint density at radius 1 is 0.887 bits per heavy atom. The number of anilines is 1. The lowest BCUT2D eigenvalue weighted by Gasteiger charge is -2.49. The highest BCUT2D eigenvalue weighted by atomic mass is 35.5. The number of nitrogens with zero attached hydrogens (tertiary/aromatic N) is 6. The van der Waals surface area contributed by atoms with Crippen molar-refractivity contribution in [3.63, 3.8) is 0 Å². The molecule has 318 valence electrons. The van der Waals surface area contributed by atoms with Gasteiger partial charge in [-0.15, -0.1) is 0 Å². The molecule has 1 saturated carbocycles. The lowest BCUT2D eigenvalue weighted by Crippen LogP contribution is -2.53. The molecule has 2 fully saturated rings. The predicted octanol–water partition coefficient (Wildman–Crippen LogP) is 4.44. The van der Waals surface area contributed by atoms with Gasteiger partial charge in [-0.05, 0) is 60.0 Å². The van der Waals surface area contributed by atoms with E-state index in [4.69, 9.17) is 25.8 Å². The zero-order chi connectivity index (χ0) is 43.8. The first-order valence-corrected chi connectivity index (χ1v) is 20.0. The van der Waals surface area contributed by atoms with E-state index in [1.165, 1.54) is 71.7 Å². The number of ether oxygens (including phenoxy) is 3. The van der Waals surface area contributed by atoms with Crippen molar-refractivity contribution < 1.29 is 33.3 Å². The maximum absolute atomic E-state index is 15.4. The Labute approximate surface area is 356 Å². The van der Waals surface area contributed by atoms with Gasteiger partial charge >= 0.3 is 11.4 Å². The molecule has 2 aliphatic heterocycles. The summed E-state index contributed by atoms with van der Waals surface area (Å²) in [7, 11) is 5.97. The van der Waals surface area contributed by atoms with Gasteiger partial charge in [-0.2, -0.15) is 5.01 Å². The molecule has 62 heavy (non-hydrogen) atoms. The zero-order valence-electron chi connectivity index (χ0n) is 33.8. The number of methoxy groups -OCH3 is 3. The maximum atomic E-state index is 15.4. The standard InChI is InChI=1S/C44H39ClFN7O9/c1-49-34-22-37(62-4)36(61-3)21-32(34)47-31(40(49)56)16-17-50-42(58)51-18-15-28-33(53(51)43(50)59)20-30-39(55)52(48-26-11-9-25(46)10-12-26)41(57)44(30,23-5-7-24(45)8-6-23)38(28)29-14-13-27(54)19-35(29)60-2/h5-15,19,21-22,30,33,38,48,54H,16-18,20H2,1-4H3. The average molecular weight is 864 g/mol. The van der Waals surface area contributed by atoms with Crippen molar-refractivity contribution in [1.29, 1.82) is 0 Å². The van der Waals surface area contributed by atoms with Crippen molar-refractivity contribution >= 4 is 40.1 Å². The fourth-order valence-electron chi connectivity index (χ4n) is 9.53. The zero-order valence-corrected chi connectivity index (χ0v) is 34.6. The minimum absolute atomic E-state index is 0.0757. The molecule has 4 heterocycles. The van der Waals surface area contributed by atoms with E-state index < -0.39 is 57.9 Å². The number of aromatic hydroxyl groups is 1. The smallest absolute Gasteiger partial charge is 0.347 e. The van der Waals surface area contributed by atoms with Crippen molar-refractivity contribution in [2.75, 3.05) is 26.8 Å². The summed E-state index contributed by atoms with van der Waals surface area (Å²) < 4.78 is 35.7. The van der Waals surface area contributed by atoms with Gasteiger partial charge in [0, 0.05) is 54.7 Å². The van der Waals surface area contributed by atoms with Gasteiger partial charge in [0.05, 0.1) is 62.0 Å². The molecular weight excluding hydrogens is 825 g/mol. The molecule has 4 unspecified atom stereocenters. The lowest BCUT2D eigenvalue weighted by atomic mass is 9.53. The largest absolute Gasteiger partial charge is 0.508 e. The Kier molecular flexibility index (Phi) is 9.80. The van der Waals surface area contributed by atoms with Crippen LogP contribution in [0.3, 0.4) is 0 Å². The van der Waals surface area contributed by atoms with Crippen molar-refractivity contribution in [3.05, 3.63) is 149 Å². The first-order valence-electron chi connectivity index (χ1n) is 19.6. The van der Waals surface area contributed by atoms with Gasteiger partial charge in [-0.25, -0.2) is 32.9 Å². The number of benzene rings is 4. The highest BCUT2D eigenvalue weighted by Gasteiger charge is 2.69. The number of carbonyl (C=O) groups excluding carboxylic acids is 2. The fraction of sp³-hybridized carbons (Fsp3) is 0.273. The maximum Gasteiger partial charge on any atom is 0.347 e. The number of hydrogen-bond donors (Lipinski definition) is 2. The molecule has 4 atom stereocenters. The molecule has 16 nitrogen and oxygen atoms in total. The summed E-state index contributed by atoms with van der Waals surface area (Å²) in [6.45, 7) is -0.281. The van der Waals surface area contributed by atoms with E-state index in [1.54, 1.807) is 55.6 Å². The third-order valence-corrected chi connectivity index (χ3v) is 12.6. The first-order chi connectivity index (χ1) is 29.8. The molecule has 6 aromatic rings. The Morgan fingerprint density at radius 2 is 1.58 bits per heavy atom. The van der Waals surface area contributed by atoms with Crippen LogP contribution in [-0.2, 0) is 41.6 Å². The Hall–Kier alpha value is -7.14. The van der Waals surface area contributed by atoms with Crippen molar-refractivity contribution in [2.45, 2.75) is 43.3 Å². The molecule has 2 N–H and O–H groups in total. The Balaban J connectivity index is 1.18. The number of halogens is 2. The van der Waals surface area contributed by atoms with E-state index in [2.05, 4.69) is 10.4 Å². The molecule has 4 aromatic carbocycles. The highest BCUT2D eigenvalue weighted by Crippen LogP contribution is 2.63. The van der Waals surface area contributed by atoms with Crippen LogP contribution in [0.4, 0.5) is 10.1 Å². The van der Waals surface area contributed by atoms with Crippen molar-refractivity contribution in [3.8, 4) is 23.0 Å². The number of allylic oxidation sites excluding steroid dienone is 2. The third-order valence-electron chi connectivity index (χ3n) is 12.3. The van der Waals surface area contributed by atoms with Gasteiger partial charge in [-0.3, -0.25) is 19.8 Å². The second-order valence-corrected chi connectivity index (χ2v) is 15.8. The van der Waals surface area contributed by atoms with Crippen LogP contribution < -0.4 is 36.6 Å². The predicted molar refractivity (Wildman–Crippen MR) is 224 cm³/mol. The molecule has 0 spiro atoms. The summed E-state index contributed by atoms with van der Waals surface area (Å²) in [5.41, 5.74) is 2.20. The van der Waals surface area contributed by atoms with Crippen LogP contribution in [0.1, 0.15) is 35.2 Å². The number of rotatable bonds is 10. The molecule has 9 rings (SSSR count). The number of aryl methyl sites for hydroxylation is 2. The summed E-state index contributed by atoms with van der Waals surface area (Å²) in [5.74, 6) is -3.04. The van der Waals surface area contributed by atoms with Crippen LogP contribution in [0.15, 0.2) is 105 Å². The molecule has 2 aromatic heterocycles. The normalized spacial score (nSPS) is 20.4. The molecule has 3 aliphatic rings. The number of amides is 2. The second kappa shape index (κ2) is 15.1. The van der Waals surface area contributed by atoms with Crippen LogP contribution >= 0.6 is 11.6 Å². The quantitative estimate of drug-likeness (QED) is 0.147. The Bertz CT molecular complexity index is 3050. The molecule has 1 saturated heterocycles. The van der Waals surface area contributed by atoms with E-state index in [1.807, 2.05) is 0 Å². The summed E-state index contributed by atoms with van der Waals surface area (Å²) in [6.07, 6.45) is 1.61. The van der Waals surface area contributed by atoms with Gasteiger partial charge in [0.25, 0.3) is 17.4 Å². The van der Waals surface area contributed by atoms with E-state index in [-0.39, 0.29) is 48.8 Å².